The highest BCUT2D eigenvalue weighted by Crippen LogP contribution is 2.30. The highest BCUT2D eigenvalue weighted by molar-refractivity contribution is 6.00. The van der Waals surface area contributed by atoms with Gasteiger partial charge in [-0.3, -0.25) is 0 Å². The number of benzene rings is 2. The van der Waals surface area contributed by atoms with Crippen LogP contribution in [-0.2, 0) is 4.74 Å². The largest absolute Gasteiger partial charge is 0.462 e. The van der Waals surface area contributed by atoms with Crippen molar-refractivity contribution in [2.45, 2.75) is 20.8 Å². The highest BCUT2D eigenvalue weighted by Gasteiger charge is 2.15. The molecule has 0 bridgehead atoms. The lowest BCUT2D eigenvalue weighted by molar-refractivity contribution is 0.0527. The van der Waals surface area contributed by atoms with Crippen LogP contribution in [0.25, 0.3) is 0 Å². The van der Waals surface area contributed by atoms with Crippen LogP contribution in [0.1, 0.15) is 28.4 Å². The van der Waals surface area contributed by atoms with Gasteiger partial charge in [-0.2, -0.15) is 0 Å². The molecule has 0 radical (unpaired) electrons. The summed E-state index contributed by atoms with van der Waals surface area (Å²) in [7, 11) is 0. The second kappa shape index (κ2) is 6.31. The zero-order chi connectivity index (χ0) is 15.4. The van der Waals surface area contributed by atoms with Crippen LogP contribution < -0.4 is 11.1 Å². The van der Waals surface area contributed by atoms with E-state index in [-0.39, 0.29) is 5.97 Å². The van der Waals surface area contributed by atoms with Crippen molar-refractivity contribution < 1.29 is 9.53 Å². The van der Waals surface area contributed by atoms with E-state index in [4.69, 9.17) is 10.5 Å². The Hall–Kier alpha value is -2.49. The Labute approximate surface area is 124 Å². The molecule has 3 N–H and O–H groups in total. The van der Waals surface area contributed by atoms with Gasteiger partial charge in [0.1, 0.15) is 0 Å². The van der Waals surface area contributed by atoms with E-state index in [0.29, 0.717) is 23.5 Å². The molecule has 110 valence electrons. The molecule has 2 aromatic carbocycles. The summed E-state index contributed by atoms with van der Waals surface area (Å²) in [6.45, 7) is 6.13. The molecule has 0 aromatic heterocycles. The van der Waals surface area contributed by atoms with E-state index in [9.17, 15) is 4.79 Å². The van der Waals surface area contributed by atoms with Crippen LogP contribution in [0.4, 0.5) is 17.1 Å². The van der Waals surface area contributed by atoms with Crippen LogP contribution in [0.15, 0.2) is 36.4 Å². The van der Waals surface area contributed by atoms with Crippen molar-refractivity contribution in [3.05, 3.63) is 53.1 Å². The number of carbonyl (C=O) groups is 1. The summed E-state index contributed by atoms with van der Waals surface area (Å²) < 4.78 is 5.08. The zero-order valence-corrected chi connectivity index (χ0v) is 12.6. The maximum atomic E-state index is 12.0. The quantitative estimate of drug-likeness (QED) is 0.662. The molecule has 0 amide bonds. The average molecular weight is 284 g/mol. The molecule has 0 aliphatic heterocycles. The number of nitrogen functional groups attached to an aromatic ring is 1. The molecule has 0 aliphatic rings. The van der Waals surface area contributed by atoms with Crippen molar-refractivity contribution in [1.29, 1.82) is 0 Å². The van der Waals surface area contributed by atoms with Gasteiger partial charge in [-0.15, -0.1) is 0 Å². The van der Waals surface area contributed by atoms with Gasteiger partial charge < -0.3 is 15.8 Å². The molecule has 0 heterocycles. The lowest BCUT2D eigenvalue weighted by Crippen LogP contribution is -2.10. The Morgan fingerprint density at radius 1 is 1.24 bits per heavy atom. The molecule has 0 fully saturated rings. The molecule has 0 saturated heterocycles. The molecule has 0 saturated carbocycles. The summed E-state index contributed by atoms with van der Waals surface area (Å²) in [5.41, 5.74) is 10.7. The topological polar surface area (TPSA) is 64.3 Å². The van der Waals surface area contributed by atoms with Crippen LogP contribution in [0.5, 0.6) is 0 Å². The first-order chi connectivity index (χ1) is 10.0. The number of nitrogens with one attached hydrogen (secondary N) is 1. The minimum atomic E-state index is -0.377. The Bertz CT molecular complexity index is 666. The van der Waals surface area contributed by atoms with Crippen LogP contribution in [0.2, 0.25) is 0 Å². The van der Waals surface area contributed by atoms with Gasteiger partial charge in [0.2, 0.25) is 0 Å². The lowest BCUT2D eigenvalue weighted by Gasteiger charge is -2.16. The van der Waals surface area contributed by atoms with E-state index < -0.39 is 0 Å². The Morgan fingerprint density at radius 3 is 2.71 bits per heavy atom. The van der Waals surface area contributed by atoms with Crippen LogP contribution in [0, 0.1) is 13.8 Å². The fraction of sp³-hybridized carbons (Fsp3) is 0.235. The Kier molecular flexibility index (Phi) is 4.48. The van der Waals surface area contributed by atoms with Gasteiger partial charge in [0.15, 0.2) is 0 Å². The SMILES string of the molecule is CCOC(=O)c1cccc(N)c1Nc1cc(C)ccc1C. The van der Waals surface area contributed by atoms with Crippen LogP contribution in [-0.4, -0.2) is 12.6 Å². The number of para-hydroxylation sites is 1. The van der Waals surface area contributed by atoms with Gasteiger partial charge in [0.05, 0.1) is 23.5 Å². The number of hydrogen-bond donors (Lipinski definition) is 2. The fourth-order valence-corrected chi connectivity index (χ4v) is 2.09. The molecule has 0 spiro atoms. The second-order valence-corrected chi connectivity index (χ2v) is 4.93. The summed E-state index contributed by atoms with van der Waals surface area (Å²) in [6.07, 6.45) is 0. The summed E-state index contributed by atoms with van der Waals surface area (Å²) in [5, 5.41) is 3.26. The summed E-state index contributed by atoms with van der Waals surface area (Å²) in [4.78, 5) is 12.0. The maximum Gasteiger partial charge on any atom is 0.340 e. The van der Waals surface area contributed by atoms with Crippen molar-refractivity contribution >= 4 is 23.0 Å². The summed E-state index contributed by atoms with van der Waals surface area (Å²) in [6, 6.07) is 11.3. The van der Waals surface area contributed by atoms with Gasteiger partial charge in [-0.25, -0.2) is 4.79 Å². The number of anilines is 3. The van der Waals surface area contributed by atoms with E-state index in [0.717, 1.165) is 16.8 Å². The second-order valence-electron chi connectivity index (χ2n) is 4.93. The van der Waals surface area contributed by atoms with Crippen molar-refractivity contribution in [3.63, 3.8) is 0 Å². The Morgan fingerprint density at radius 2 is 2.00 bits per heavy atom. The third kappa shape index (κ3) is 3.34. The van der Waals surface area contributed by atoms with Crippen LogP contribution in [0.3, 0.4) is 0 Å². The molecular weight excluding hydrogens is 264 g/mol. The number of esters is 1. The van der Waals surface area contributed by atoms with Crippen molar-refractivity contribution in [2.75, 3.05) is 17.7 Å². The molecular formula is C17H20N2O2. The van der Waals surface area contributed by atoms with Crippen molar-refractivity contribution in [2.24, 2.45) is 0 Å². The minimum Gasteiger partial charge on any atom is -0.462 e. The van der Waals surface area contributed by atoms with Gasteiger partial charge in [0.25, 0.3) is 0 Å². The van der Waals surface area contributed by atoms with E-state index in [2.05, 4.69) is 5.32 Å². The number of nitrogens with two attached hydrogens (primary N) is 1. The predicted molar refractivity (Wildman–Crippen MR) is 86.0 cm³/mol. The fourth-order valence-electron chi connectivity index (χ4n) is 2.09. The third-order valence-corrected chi connectivity index (χ3v) is 3.24. The number of carbonyl (C=O) groups excluding carboxylic acids is 1. The van der Waals surface area contributed by atoms with Gasteiger partial charge in [-0.1, -0.05) is 18.2 Å². The molecule has 2 rings (SSSR count). The average Bonchev–Trinajstić information content (AvgIpc) is 2.45. The molecule has 4 nitrogen and oxygen atoms in total. The summed E-state index contributed by atoms with van der Waals surface area (Å²) in [5.74, 6) is -0.377. The van der Waals surface area contributed by atoms with Crippen LogP contribution >= 0.6 is 0 Å². The Balaban J connectivity index is 2.43. The monoisotopic (exact) mass is 284 g/mol. The van der Waals surface area contributed by atoms with E-state index in [1.165, 1.54) is 0 Å². The van der Waals surface area contributed by atoms with Crippen molar-refractivity contribution in [3.8, 4) is 0 Å². The smallest absolute Gasteiger partial charge is 0.340 e. The number of aryl methyl sites for hydroxylation is 2. The van der Waals surface area contributed by atoms with E-state index in [1.807, 2.05) is 32.0 Å². The number of rotatable bonds is 4. The third-order valence-electron chi connectivity index (χ3n) is 3.24. The molecule has 4 heteroatoms. The van der Waals surface area contributed by atoms with Gasteiger partial charge >= 0.3 is 5.97 Å². The molecule has 0 aliphatic carbocycles. The molecule has 2 aromatic rings. The lowest BCUT2D eigenvalue weighted by atomic mass is 10.1. The maximum absolute atomic E-state index is 12.0. The van der Waals surface area contributed by atoms with E-state index >= 15 is 0 Å². The number of hydrogen-bond acceptors (Lipinski definition) is 4. The first-order valence-electron chi connectivity index (χ1n) is 6.92. The van der Waals surface area contributed by atoms with Gasteiger partial charge in [-0.05, 0) is 50.1 Å². The minimum absolute atomic E-state index is 0.330. The predicted octanol–water partition coefficient (Wildman–Crippen LogP) is 3.81. The van der Waals surface area contributed by atoms with E-state index in [1.54, 1.807) is 25.1 Å². The molecule has 0 unspecified atom stereocenters. The standard InChI is InChI=1S/C17H20N2O2/c1-4-21-17(20)13-6-5-7-14(18)16(13)19-15-10-11(2)8-9-12(15)3/h5-10,19H,4,18H2,1-3H3. The first kappa shape index (κ1) is 14.9. The van der Waals surface area contributed by atoms with Crippen molar-refractivity contribution in [1.82, 2.24) is 0 Å². The summed E-state index contributed by atoms with van der Waals surface area (Å²) >= 11 is 0. The normalized spacial score (nSPS) is 10.2. The molecule has 0 atom stereocenters. The molecule has 21 heavy (non-hydrogen) atoms. The first-order valence-corrected chi connectivity index (χ1v) is 6.92. The zero-order valence-electron chi connectivity index (χ0n) is 12.6. The highest BCUT2D eigenvalue weighted by atomic mass is 16.5. The van der Waals surface area contributed by atoms with Gasteiger partial charge in [0, 0.05) is 5.69 Å². The number of ether oxygens (including phenoxy) is 1.